The van der Waals surface area contributed by atoms with Gasteiger partial charge in [-0.1, -0.05) is 29.8 Å². The third-order valence-corrected chi connectivity index (χ3v) is 4.87. The second-order valence-corrected chi connectivity index (χ2v) is 7.68. The zero-order valence-corrected chi connectivity index (χ0v) is 18.2. The van der Waals surface area contributed by atoms with E-state index >= 15 is 0 Å². The topological polar surface area (TPSA) is 93.1 Å². The first kappa shape index (κ1) is 22.0. The van der Waals surface area contributed by atoms with Crippen LogP contribution in [0.15, 0.2) is 53.3 Å². The third-order valence-electron chi connectivity index (χ3n) is 4.87. The molecule has 0 aliphatic carbocycles. The molecule has 2 amide bonds. The lowest BCUT2D eigenvalue weighted by Crippen LogP contribution is -2.28. The van der Waals surface area contributed by atoms with Crippen LogP contribution in [0.25, 0.3) is 0 Å². The van der Waals surface area contributed by atoms with Gasteiger partial charge in [0.1, 0.15) is 5.69 Å². The minimum Gasteiger partial charge on any atom is -0.326 e. The Labute approximate surface area is 181 Å². The zero-order chi connectivity index (χ0) is 22.5. The SMILES string of the molecule is Cc1cccc(NC(=O)c2ccc(=O)n(CCC(=O)Nc3c(C)cc(C)cc3C)n2)c1. The van der Waals surface area contributed by atoms with E-state index in [1.54, 1.807) is 6.07 Å². The number of hydrogen-bond donors (Lipinski definition) is 2. The molecule has 0 saturated heterocycles. The van der Waals surface area contributed by atoms with Crippen molar-refractivity contribution in [2.75, 3.05) is 10.6 Å². The summed E-state index contributed by atoms with van der Waals surface area (Å²) >= 11 is 0. The average molecular weight is 418 g/mol. The fourth-order valence-corrected chi connectivity index (χ4v) is 3.43. The number of carbonyl (C=O) groups excluding carboxylic acids is 2. The van der Waals surface area contributed by atoms with Crippen molar-refractivity contribution in [3.05, 3.63) is 86.8 Å². The van der Waals surface area contributed by atoms with Crippen molar-refractivity contribution in [1.29, 1.82) is 0 Å². The number of nitrogens with zero attached hydrogens (tertiary/aromatic N) is 2. The Morgan fingerprint density at radius 1 is 0.903 bits per heavy atom. The van der Waals surface area contributed by atoms with E-state index in [4.69, 9.17) is 0 Å². The summed E-state index contributed by atoms with van der Waals surface area (Å²) in [5.41, 5.74) is 5.27. The number of benzene rings is 2. The first-order valence-electron chi connectivity index (χ1n) is 10.1. The van der Waals surface area contributed by atoms with Gasteiger partial charge in [0.25, 0.3) is 11.5 Å². The van der Waals surface area contributed by atoms with Gasteiger partial charge in [0.15, 0.2) is 0 Å². The van der Waals surface area contributed by atoms with Gasteiger partial charge in [0.05, 0.1) is 6.54 Å². The molecule has 2 N–H and O–H groups in total. The number of aryl methyl sites for hydroxylation is 5. The van der Waals surface area contributed by atoms with E-state index < -0.39 is 5.91 Å². The van der Waals surface area contributed by atoms with Crippen LogP contribution >= 0.6 is 0 Å². The molecule has 0 bridgehead atoms. The van der Waals surface area contributed by atoms with Gasteiger partial charge in [-0.15, -0.1) is 0 Å². The number of carbonyl (C=O) groups is 2. The Morgan fingerprint density at radius 2 is 1.61 bits per heavy atom. The van der Waals surface area contributed by atoms with Crippen molar-refractivity contribution < 1.29 is 9.59 Å². The highest BCUT2D eigenvalue weighted by atomic mass is 16.2. The van der Waals surface area contributed by atoms with Gasteiger partial charge in [0, 0.05) is 23.9 Å². The zero-order valence-electron chi connectivity index (χ0n) is 18.2. The highest BCUT2D eigenvalue weighted by molar-refractivity contribution is 6.02. The lowest BCUT2D eigenvalue weighted by atomic mass is 10.1. The molecular formula is C24H26N4O3. The predicted octanol–water partition coefficient (Wildman–Crippen LogP) is 3.76. The summed E-state index contributed by atoms with van der Waals surface area (Å²) in [7, 11) is 0. The molecule has 0 unspecified atom stereocenters. The van der Waals surface area contributed by atoms with E-state index in [-0.39, 0.29) is 30.1 Å². The van der Waals surface area contributed by atoms with Crippen LogP contribution in [0.3, 0.4) is 0 Å². The average Bonchev–Trinajstić information content (AvgIpc) is 2.70. The minimum absolute atomic E-state index is 0.0582. The molecule has 3 aromatic rings. The molecule has 7 heteroatoms. The molecule has 1 aromatic heterocycles. The number of hydrogen-bond acceptors (Lipinski definition) is 4. The van der Waals surface area contributed by atoms with Crippen LogP contribution in [0.5, 0.6) is 0 Å². The second kappa shape index (κ2) is 9.38. The van der Waals surface area contributed by atoms with Gasteiger partial charge in [-0.05, 0) is 62.6 Å². The van der Waals surface area contributed by atoms with Crippen LogP contribution < -0.4 is 16.2 Å². The fourth-order valence-electron chi connectivity index (χ4n) is 3.43. The first-order valence-corrected chi connectivity index (χ1v) is 10.1. The van der Waals surface area contributed by atoms with Crippen LogP contribution in [-0.4, -0.2) is 21.6 Å². The number of aromatic nitrogens is 2. The molecule has 0 saturated carbocycles. The molecule has 2 aromatic carbocycles. The lowest BCUT2D eigenvalue weighted by Gasteiger charge is -2.13. The van der Waals surface area contributed by atoms with E-state index in [9.17, 15) is 14.4 Å². The van der Waals surface area contributed by atoms with Gasteiger partial charge < -0.3 is 10.6 Å². The summed E-state index contributed by atoms with van der Waals surface area (Å²) in [5, 5.41) is 9.80. The minimum atomic E-state index is -0.422. The maximum Gasteiger partial charge on any atom is 0.276 e. The van der Waals surface area contributed by atoms with Crippen LogP contribution in [-0.2, 0) is 11.3 Å². The van der Waals surface area contributed by atoms with E-state index in [0.717, 1.165) is 32.6 Å². The second-order valence-electron chi connectivity index (χ2n) is 7.68. The Bertz CT molecular complexity index is 1170. The highest BCUT2D eigenvalue weighted by Crippen LogP contribution is 2.22. The van der Waals surface area contributed by atoms with E-state index in [2.05, 4.69) is 15.7 Å². The van der Waals surface area contributed by atoms with Crippen LogP contribution in [0.1, 0.15) is 39.2 Å². The van der Waals surface area contributed by atoms with Crippen molar-refractivity contribution in [2.45, 2.75) is 40.7 Å². The quantitative estimate of drug-likeness (QED) is 0.637. The Kier molecular flexibility index (Phi) is 6.65. The number of rotatable bonds is 6. The number of anilines is 2. The highest BCUT2D eigenvalue weighted by Gasteiger charge is 2.12. The fraction of sp³-hybridized carbons (Fsp3) is 0.250. The normalized spacial score (nSPS) is 10.6. The summed E-state index contributed by atoms with van der Waals surface area (Å²) < 4.78 is 1.14. The molecular weight excluding hydrogens is 392 g/mol. The van der Waals surface area contributed by atoms with Crippen molar-refractivity contribution >= 4 is 23.2 Å². The van der Waals surface area contributed by atoms with Gasteiger partial charge >= 0.3 is 0 Å². The summed E-state index contributed by atoms with van der Waals surface area (Å²) in [6, 6.07) is 14.1. The smallest absolute Gasteiger partial charge is 0.276 e. The standard InChI is InChI=1S/C24H26N4O3/c1-15-6-5-7-19(14-15)25-24(31)20-8-9-22(30)28(27-20)11-10-21(29)26-23-17(3)12-16(2)13-18(23)4/h5-9,12-14H,10-11H2,1-4H3,(H,25,31)(H,26,29). The number of amides is 2. The third kappa shape index (κ3) is 5.66. The lowest BCUT2D eigenvalue weighted by molar-refractivity contribution is -0.116. The van der Waals surface area contributed by atoms with Crippen LogP contribution in [0.4, 0.5) is 11.4 Å². The van der Waals surface area contributed by atoms with Crippen molar-refractivity contribution in [3.8, 4) is 0 Å². The maximum absolute atomic E-state index is 12.5. The molecule has 160 valence electrons. The monoisotopic (exact) mass is 418 g/mol. The summed E-state index contributed by atoms with van der Waals surface area (Å²) in [5.74, 6) is -0.645. The first-order chi connectivity index (χ1) is 14.7. The summed E-state index contributed by atoms with van der Waals surface area (Å²) in [6.07, 6.45) is 0.0582. The number of nitrogens with one attached hydrogen (secondary N) is 2. The van der Waals surface area contributed by atoms with E-state index in [0.29, 0.717) is 5.69 Å². The molecule has 0 aliphatic heterocycles. The Hall–Kier alpha value is -3.74. The van der Waals surface area contributed by atoms with Crippen molar-refractivity contribution in [3.63, 3.8) is 0 Å². The van der Waals surface area contributed by atoms with Crippen LogP contribution in [0, 0.1) is 27.7 Å². The molecule has 1 heterocycles. The predicted molar refractivity (Wildman–Crippen MR) is 122 cm³/mol. The molecule has 0 radical (unpaired) electrons. The molecule has 31 heavy (non-hydrogen) atoms. The summed E-state index contributed by atoms with van der Waals surface area (Å²) in [6.45, 7) is 7.89. The molecule has 0 spiro atoms. The maximum atomic E-state index is 12.5. The molecule has 0 aliphatic rings. The molecule has 3 rings (SSSR count). The van der Waals surface area contributed by atoms with E-state index in [1.807, 2.05) is 58.0 Å². The van der Waals surface area contributed by atoms with Gasteiger partial charge in [-0.25, -0.2) is 4.68 Å². The van der Waals surface area contributed by atoms with Gasteiger partial charge in [-0.3, -0.25) is 14.4 Å². The van der Waals surface area contributed by atoms with Crippen molar-refractivity contribution in [1.82, 2.24) is 9.78 Å². The Balaban J connectivity index is 1.67. The van der Waals surface area contributed by atoms with E-state index in [1.165, 1.54) is 12.1 Å². The molecule has 7 nitrogen and oxygen atoms in total. The van der Waals surface area contributed by atoms with Crippen molar-refractivity contribution in [2.24, 2.45) is 0 Å². The van der Waals surface area contributed by atoms with Crippen LogP contribution in [0.2, 0.25) is 0 Å². The van der Waals surface area contributed by atoms with Gasteiger partial charge in [0.2, 0.25) is 5.91 Å². The summed E-state index contributed by atoms with van der Waals surface area (Å²) in [4.78, 5) is 37.1. The Morgan fingerprint density at radius 3 is 2.29 bits per heavy atom. The largest absolute Gasteiger partial charge is 0.326 e. The molecule has 0 atom stereocenters. The van der Waals surface area contributed by atoms with Gasteiger partial charge in [-0.2, -0.15) is 5.10 Å². The molecule has 0 fully saturated rings.